The number of methoxy groups -OCH3 is 1. The minimum atomic E-state index is 0.134. The largest absolute Gasteiger partial charge is 0.497 e. The van der Waals surface area contributed by atoms with Gasteiger partial charge in [-0.1, -0.05) is 6.07 Å². The molecule has 0 unspecified atom stereocenters. The third-order valence-corrected chi connectivity index (χ3v) is 3.59. The van der Waals surface area contributed by atoms with Crippen molar-refractivity contribution in [1.82, 2.24) is 4.98 Å². The van der Waals surface area contributed by atoms with Gasteiger partial charge >= 0.3 is 0 Å². The van der Waals surface area contributed by atoms with E-state index in [9.17, 15) is 5.26 Å². The molecule has 4 nitrogen and oxygen atoms in total. The Morgan fingerprint density at radius 3 is 3.00 bits per heavy atom. The Bertz CT molecular complexity index is 761. The Morgan fingerprint density at radius 1 is 1.45 bits per heavy atom. The third-order valence-electron chi connectivity index (χ3n) is 3.59. The molecule has 1 aromatic heterocycles. The lowest BCUT2D eigenvalue weighted by atomic mass is 10.0. The summed E-state index contributed by atoms with van der Waals surface area (Å²) in [7, 11) is 1.64. The second-order valence-electron chi connectivity index (χ2n) is 5.22. The van der Waals surface area contributed by atoms with Gasteiger partial charge in [-0.3, -0.25) is 4.98 Å². The topological polar surface area (TPSA) is 55.1 Å². The molecule has 0 fully saturated rings. The Balaban J connectivity index is 2.10. The molecule has 0 saturated heterocycles. The number of nitriles is 1. The fourth-order valence-electron chi connectivity index (χ4n) is 2.60. The summed E-state index contributed by atoms with van der Waals surface area (Å²) in [5.74, 6) is 1.60. The van der Waals surface area contributed by atoms with Gasteiger partial charge in [0, 0.05) is 23.7 Å². The van der Waals surface area contributed by atoms with Crippen molar-refractivity contribution < 1.29 is 9.47 Å². The molecule has 1 atom stereocenters. The van der Waals surface area contributed by atoms with E-state index in [2.05, 4.69) is 11.1 Å². The van der Waals surface area contributed by atoms with Crippen molar-refractivity contribution in [3.63, 3.8) is 0 Å². The van der Waals surface area contributed by atoms with Crippen molar-refractivity contribution in [3.05, 3.63) is 53.3 Å². The highest BCUT2D eigenvalue weighted by atomic mass is 16.5. The molecule has 1 aliphatic heterocycles. The zero-order valence-electron chi connectivity index (χ0n) is 12.5. The van der Waals surface area contributed by atoms with Gasteiger partial charge in [-0.05, 0) is 37.3 Å². The van der Waals surface area contributed by atoms with Gasteiger partial charge < -0.3 is 9.47 Å². The van der Waals surface area contributed by atoms with Gasteiger partial charge in [0.05, 0.1) is 18.4 Å². The van der Waals surface area contributed by atoms with Crippen molar-refractivity contribution >= 4 is 11.6 Å². The fourth-order valence-corrected chi connectivity index (χ4v) is 2.60. The van der Waals surface area contributed by atoms with Crippen LogP contribution in [0.5, 0.6) is 11.5 Å². The molecule has 1 aromatic carbocycles. The van der Waals surface area contributed by atoms with E-state index in [4.69, 9.17) is 9.47 Å². The number of benzene rings is 1. The monoisotopic (exact) mass is 292 g/mol. The minimum Gasteiger partial charge on any atom is -0.497 e. The standard InChI is InChI=1S/C18H16N2O2/c1-12-7-13-9-16(21-2)10-14(18(13)22-12)8-15(11-19)17-5-3-4-6-20-17/h3-6,8-10,12H,7H2,1-2H3/b15-8-/t12-/m1/s1. The Hall–Kier alpha value is -2.80. The van der Waals surface area contributed by atoms with Crippen LogP contribution < -0.4 is 9.47 Å². The highest BCUT2D eigenvalue weighted by molar-refractivity contribution is 5.90. The fraction of sp³-hybridized carbons (Fsp3) is 0.222. The molecule has 4 heteroatoms. The zero-order valence-corrected chi connectivity index (χ0v) is 12.5. The van der Waals surface area contributed by atoms with Gasteiger partial charge in [-0.25, -0.2) is 0 Å². The van der Waals surface area contributed by atoms with E-state index in [1.54, 1.807) is 13.3 Å². The van der Waals surface area contributed by atoms with E-state index >= 15 is 0 Å². The SMILES string of the molecule is COc1cc(/C=C(/C#N)c2ccccn2)c2c(c1)C[C@@H](C)O2. The average molecular weight is 292 g/mol. The van der Waals surface area contributed by atoms with Gasteiger partial charge in [0.25, 0.3) is 0 Å². The smallest absolute Gasteiger partial charge is 0.130 e. The number of rotatable bonds is 3. The predicted octanol–water partition coefficient (Wildman–Crippen LogP) is 3.48. The molecular weight excluding hydrogens is 276 g/mol. The van der Waals surface area contributed by atoms with Crippen LogP contribution in [-0.4, -0.2) is 18.2 Å². The number of hydrogen-bond donors (Lipinski definition) is 0. The van der Waals surface area contributed by atoms with E-state index in [1.165, 1.54) is 0 Å². The van der Waals surface area contributed by atoms with Gasteiger partial charge in [0.1, 0.15) is 23.7 Å². The predicted molar refractivity (Wildman–Crippen MR) is 84.5 cm³/mol. The summed E-state index contributed by atoms with van der Waals surface area (Å²) < 4.78 is 11.2. The number of ether oxygens (including phenoxy) is 2. The number of hydrogen-bond acceptors (Lipinski definition) is 4. The molecule has 0 N–H and O–H groups in total. The second kappa shape index (κ2) is 5.90. The molecule has 0 spiro atoms. The molecule has 0 saturated carbocycles. The Kier molecular flexibility index (Phi) is 3.80. The highest BCUT2D eigenvalue weighted by Gasteiger charge is 2.23. The summed E-state index contributed by atoms with van der Waals surface area (Å²) in [5, 5.41) is 9.44. The molecule has 0 aliphatic carbocycles. The maximum atomic E-state index is 9.44. The minimum absolute atomic E-state index is 0.134. The molecule has 110 valence electrons. The first kappa shape index (κ1) is 14.2. The van der Waals surface area contributed by atoms with E-state index in [-0.39, 0.29) is 6.10 Å². The first-order chi connectivity index (χ1) is 10.7. The van der Waals surface area contributed by atoms with Crippen LogP contribution in [0.3, 0.4) is 0 Å². The van der Waals surface area contributed by atoms with Crippen molar-refractivity contribution in [2.24, 2.45) is 0 Å². The van der Waals surface area contributed by atoms with E-state index in [0.717, 1.165) is 29.0 Å². The third kappa shape index (κ3) is 2.66. The van der Waals surface area contributed by atoms with Crippen LogP contribution in [0.4, 0.5) is 0 Å². The number of aromatic nitrogens is 1. The molecular formula is C18H16N2O2. The second-order valence-corrected chi connectivity index (χ2v) is 5.22. The van der Waals surface area contributed by atoms with Gasteiger partial charge in [0.2, 0.25) is 0 Å². The highest BCUT2D eigenvalue weighted by Crippen LogP contribution is 2.37. The lowest BCUT2D eigenvalue weighted by Gasteiger charge is -2.09. The van der Waals surface area contributed by atoms with Gasteiger partial charge in [0.15, 0.2) is 0 Å². The lowest BCUT2D eigenvalue weighted by Crippen LogP contribution is -2.05. The lowest BCUT2D eigenvalue weighted by molar-refractivity contribution is 0.254. The quantitative estimate of drug-likeness (QED) is 0.813. The summed E-state index contributed by atoms with van der Waals surface area (Å²) in [6, 6.07) is 11.6. The number of nitrogens with zero attached hydrogens (tertiary/aromatic N) is 2. The van der Waals surface area contributed by atoms with Gasteiger partial charge in [-0.15, -0.1) is 0 Å². The van der Waals surface area contributed by atoms with E-state index in [0.29, 0.717) is 11.3 Å². The van der Waals surface area contributed by atoms with Crippen molar-refractivity contribution in [2.45, 2.75) is 19.4 Å². The molecule has 0 radical (unpaired) electrons. The molecule has 0 bridgehead atoms. The van der Waals surface area contributed by atoms with Crippen molar-refractivity contribution in [2.75, 3.05) is 7.11 Å². The Labute approximate surface area is 129 Å². The molecule has 2 aromatic rings. The molecule has 22 heavy (non-hydrogen) atoms. The first-order valence-corrected chi connectivity index (χ1v) is 7.12. The summed E-state index contributed by atoms with van der Waals surface area (Å²) >= 11 is 0. The number of fused-ring (bicyclic) bond motifs is 1. The average Bonchev–Trinajstić information content (AvgIpc) is 2.93. The molecule has 0 amide bonds. The molecule has 3 rings (SSSR count). The van der Waals surface area contributed by atoms with Crippen LogP contribution in [0.1, 0.15) is 23.7 Å². The Morgan fingerprint density at radius 2 is 2.32 bits per heavy atom. The van der Waals surface area contributed by atoms with Crippen LogP contribution in [-0.2, 0) is 6.42 Å². The van der Waals surface area contributed by atoms with Crippen LogP contribution in [0.15, 0.2) is 36.5 Å². The van der Waals surface area contributed by atoms with Crippen LogP contribution >= 0.6 is 0 Å². The summed E-state index contributed by atoms with van der Waals surface area (Å²) in [4.78, 5) is 4.23. The van der Waals surface area contributed by atoms with Crippen LogP contribution in [0, 0.1) is 11.3 Å². The molecule has 1 aliphatic rings. The maximum absolute atomic E-state index is 9.44. The zero-order chi connectivity index (χ0) is 15.5. The summed E-state index contributed by atoms with van der Waals surface area (Å²) in [6.45, 7) is 2.03. The maximum Gasteiger partial charge on any atom is 0.130 e. The normalized spacial score (nSPS) is 16.6. The van der Waals surface area contributed by atoms with Crippen molar-refractivity contribution in [1.29, 1.82) is 5.26 Å². The van der Waals surface area contributed by atoms with Crippen LogP contribution in [0.25, 0.3) is 11.6 Å². The summed E-state index contributed by atoms with van der Waals surface area (Å²) in [6.07, 6.45) is 4.46. The van der Waals surface area contributed by atoms with Crippen molar-refractivity contribution in [3.8, 4) is 17.6 Å². The summed E-state index contributed by atoms with van der Waals surface area (Å²) in [5.41, 5.74) is 3.10. The first-order valence-electron chi connectivity index (χ1n) is 7.12. The van der Waals surface area contributed by atoms with E-state index in [1.807, 2.05) is 43.3 Å². The van der Waals surface area contributed by atoms with Crippen LogP contribution in [0.2, 0.25) is 0 Å². The van der Waals surface area contributed by atoms with Gasteiger partial charge in [-0.2, -0.15) is 5.26 Å². The molecule has 2 heterocycles. The van der Waals surface area contributed by atoms with E-state index < -0.39 is 0 Å². The number of allylic oxidation sites excluding steroid dienone is 1. The number of pyridine rings is 1.